The number of ether oxygens (including phenoxy) is 2. The van der Waals surface area contributed by atoms with Gasteiger partial charge in [0.05, 0.1) is 12.7 Å². The second-order valence-corrected chi connectivity index (χ2v) is 3.97. The third-order valence-corrected chi connectivity index (χ3v) is 3.16. The number of hydrogen-bond donors (Lipinski definition) is 1. The third kappa shape index (κ3) is 2.32. The summed E-state index contributed by atoms with van der Waals surface area (Å²) in [7, 11) is 0. The number of esters is 1. The van der Waals surface area contributed by atoms with Crippen molar-refractivity contribution >= 4 is 5.97 Å². The Kier molecular flexibility index (Phi) is 4.11. The van der Waals surface area contributed by atoms with E-state index in [-0.39, 0.29) is 12.0 Å². The Morgan fingerprint density at radius 2 is 2.27 bits per heavy atom. The van der Waals surface area contributed by atoms with E-state index in [2.05, 4.69) is 0 Å². The van der Waals surface area contributed by atoms with Gasteiger partial charge in [-0.3, -0.25) is 0 Å². The highest BCUT2D eigenvalue weighted by atomic mass is 16.6. The summed E-state index contributed by atoms with van der Waals surface area (Å²) in [6.45, 7) is 6.32. The molecule has 4 nitrogen and oxygen atoms in total. The zero-order chi connectivity index (χ0) is 11.5. The number of aliphatic hydroxyl groups is 1. The molecular formula is C11H20O4. The fourth-order valence-corrected chi connectivity index (χ4v) is 2.17. The van der Waals surface area contributed by atoms with E-state index in [4.69, 9.17) is 9.47 Å². The smallest absolute Gasteiger partial charge is 0.338 e. The Morgan fingerprint density at radius 3 is 2.67 bits per heavy atom. The van der Waals surface area contributed by atoms with Crippen LogP contribution in [0.3, 0.4) is 0 Å². The Bertz CT molecular complexity index is 229. The van der Waals surface area contributed by atoms with E-state index in [0.29, 0.717) is 26.1 Å². The SMILES string of the molecule is CCOC(=O)C(O)(CC)C1CCOC1C. The van der Waals surface area contributed by atoms with E-state index in [1.165, 1.54) is 0 Å². The van der Waals surface area contributed by atoms with Gasteiger partial charge in [0.25, 0.3) is 0 Å². The summed E-state index contributed by atoms with van der Waals surface area (Å²) >= 11 is 0. The Labute approximate surface area is 90.6 Å². The lowest BCUT2D eigenvalue weighted by Gasteiger charge is -2.32. The molecular weight excluding hydrogens is 196 g/mol. The van der Waals surface area contributed by atoms with Crippen molar-refractivity contribution in [3.8, 4) is 0 Å². The summed E-state index contributed by atoms with van der Waals surface area (Å²) in [6, 6.07) is 0. The standard InChI is InChI=1S/C11H20O4/c1-4-11(13,10(12)14-5-2)9-6-7-15-8(9)3/h8-9,13H,4-7H2,1-3H3. The van der Waals surface area contributed by atoms with Crippen molar-refractivity contribution in [2.75, 3.05) is 13.2 Å². The van der Waals surface area contributed by atoms with E-state index in [0.717, 1.165) is 0 Å². The molecule has 88 valence electrons. The van der Waals surface area contributed by atoms with E-state index in [1.54, 1.807) is 13.8 Å². The van der Waals surface area contributed by atoms with Crippen LogP contribution in [0.2, 0.25) is 0 Å². The molecule has 1 fully saturated rings. The molecule has 3 unspecified atom stereocenters. The number of carbonyl (C=O) groups is 1. The minimum atomic E-state index is -1.38. The minimum absolute atomic E-state index is 0.0839. The first kappa shape index (κ1) is 12.5. The van der Waals surface area contributed by atoms with Crippen molar-refractivity contribution in [2.45, 2.75) is 45.3 Å². The minimum Gasteiger partial charge on any atom is -0.464 e. The largest absolute Gasteiger partial charge is 0.464 e. The molecule has 4 heteroatoms. The third-order valence-electron chi connectivity index (χ3n) is 3.16. The number of rotatable bonds is 4. The maximum absolute atomic E-state index is 11.7. The first-order valence-electron chi connectivity index (χ1n) is 5.57. The van der Waals surface area contributed by atoms with Gasteiger partial charge in [0.2, 0.25) is 0 Å². The molecule has 0 aromatic carbocycles. The van der Waals surface area contributed by atoms with Gasteiger partial charge in [-0.1, -0.05) is 6.92 Å². The van der Waals surface area contributed by atoms with Crippen LogP contribution in [0, 0.1) is 5.92 Å². The molecule has 0 radical (unpaired) electrons. The molecule has 0 spiro atoms. The zero-order valence-electron chi connectivity index (χ0n) is 9.66. The van der Waals surface area contributed by atoms with E-state index in [1.807, 2.05) is 6.92 Å². The van der Waals surface area contributed by atoms with Gasteiger partial charge in [-0.2, -0.15) is 0 Å². The average molecular weight is 216 g/mol. The Morgan fingerprint density at radius 1 is 1.60 bits per heavy atom. The second-order valence-electron chi connectivity index (χ2n) is 3.97. The molecule has 0 saturated carbocycles. The topological polar surface area (TPSA) is 55.8 Å². The van der Waals surface area contributed by atoms with Crippen molar-refractivity contribution in [1.29, 1.82) is 0 Å². The fraction of sp³-hybridized carbons (Fsp3) is 0.909. The molecule has 15 heavy (non-hydrogen) atoms. The highest BCUT2D eigenvalue weighted by Crippen LogP contribution is 2.34. The number of carbonyl (C=O) groups excluding carboxylic acids is 1. The van der Waals surface area contributed by atoms with Gasteiger partial charge in [0, 0.05) is 12.5 Å². The molecule has 0 aromatic rings. The molecule has 3 atom stereocenters. The first-order chi connectivity index (χ1) is 7.06. The van der Waals surface area contributed by atoms with Crippen LogP contribution in [0.25, 0.3) is 0 Å². The average Bonchev–Trinajstić information content (AvgIpc) is 2.64. The van der Waals surface area contributed by atoms with Crippen molar-refractivity contribution < 1.29 is 19.4 Å². The van der Waals surface area contributed by atoms with Gasteiger partial charge in [-0.15, -0.1) is 0 Å². The molecule has 1 rings (SSSR count). The summed E-state index contributed by atoms with van der Waals surface area (Å²) in [4.78, 5) is 11.7. The first-order valence-corrected chi connectivity index (χ1v) is 5.57. The van der Waals surface area contributed by atoms with Crippen LogP contribution in [-0.4, -0.2) is 36.0 Å². The highest BCUT2D eigenvalue weighted by Gasteiger charge is 2.48. The Hall–Kier alpha value is -0.610. The van der Waals surface area contributed by atoms with Crippen LogP contribution >= 0.6 is 0 Å². The lowest BCUT2D eigenvalue weighted by atomic mass is 9.81. The summed E-state index contributed by atoms with van der Waals surface area (Å²) in [5, 5.41) is 10.3. The van der Waals surface area contributed by atoms with Crippen LogP contribution in [0.15, 0.2) is 0 Å². The van der Waals surface area contributed by atoms with Crippen LogP contribution in [0.4, 0.5) is 0 Å². The maximum atomic E-state index is 11.7. The lowest BCUT2D eigenvalue weighted by Crippen LogP contribution is -2.49. The van der Waals surface area contributed by atoms with E-state index in [9.17, 15) is 9.90 Å². The highest BCUT2D eigenvalue weighted by molar-refractivity contribution is 5.79. The van der Waals surface area contributed by atoms with Gasteiger partial charge >= 0.3 is 5.97 Å². The second kappa shape index (κ2) is 4.94. The normalized spacial score (nSPS) is 29.9. The van der Waals surface area contributed by atoms with Gasteiger partial charge in [0.1, 0.15) is 0 Å². The predicted molar refractivity (Wildman–Crippen MR) is 55.4 cm³/mol. The van der Waals surface area contributed by atoms with Crippen molar-refractivity contribution in [3.63, 3.8) is 0 Å². The molecule has 1 saturated heterocycles. The molecule has 1 aliphatic heterocycles. The maximum Gasteiger partial charge on any atom is 0.338 e. The van der Waals surface area contributed by atoms with Crippen LogP contribution in [-0.2, 0) is 14.3 Å². The van der Waals surface area contributed by atoms with Crippen molar-refractivity contribution in [3.05, 3.63) is 0 Å². The van der Waals surface area contributed by atoms with Crippen molar-refractivity contribution in [2.24, 2.45) is 5.92 Å². The predicted octanol–water partition coefficient (Wildman–Crippen LogP) is 1.12. The quantitative estimate of drug-likeness (QED) is 0.715. The van der Waals surface area contributed by atoms with Crippen LogP contribution < -0.4 is 0 Å². The summed E-state index contributed by atoms with van der Waals surface area (Å²) in [5.74, 6) is -0.670. The zero-order valence-corrected chi connectivity index (χ0v) is 9.66. The summed E-state index contributed by atoms with van der Waals surface area (Å²) < 4.78 is 10.3. The van der Waals surface area contributed by atoms with Crippen LogP contribution in [0.5, 0.6) is 0 Å². The summed E-state index contributed by atoms with van der Waals surface area (Å²) in [5.41, 5.74) is -1.38. The fourth-order valence-electron chi connectivity index (χ4n) is 2.17. The van der Waals surface area contributed by atoms with E-state index >= 15 is 0 Å². The van der Waals surface area contributed by atoms with Gasteiger partial charge in [0.15, 0.2) is 5.60 Å². The van der Waals surface area contributed by atoms with Crippen LogP contribution in [0.1, 0.15) is 33.6 Å². The summed E-state index contributed by atoms with van der Waals surface area (Å²) in [6.07, 6.45) is 0.994. The van der Waals surface area contributed by atoms with Gasteiger partial charge in [-0.05, 0) is 26.7 Å². The molecule has 0 amide bonds. The molecule has 0 aliphatic carbocycles. The van der Waals surface area contributed by atoms with Crippen molar-refractivity contribution in [1.82, 2.24) is 0 Å². The molecule has 1 N–H and O–H groups in total. The molecule has 1 heterocycles. The Balaban J connectivity index is 2.78. The lowest BCUT2D eigenvalue weighted by molar-refractivity contribution is -0.174. The van der Waals surface area contributed by atoms with E-state index < -0.39 is 11.6 Å². The molecule has 0 bridgehead atoms. The van der Waals surface area contributed by atoms with Gasteiger partial charge in [-0.25, -0.2) is 4.79 Å². The monoisotopic (exact) mass is 216 g/mol. The number of hydrogen-bond acceptors (Lipinski definition) is 4. The molecule has 0 aromatic heterocycles. The molecule has 1 aliphatic rings. The van der Waals surface area contributed by atoms with Gasteiger partial charge < -0.3 is 14.6 Å².